The lowest BCUT2D eigenvalue weighted by atomic mass is 9.98. The molecule has 2 aliphatic rings. The summed E-state index contributed by atoms with van der Waals surface area (Å²) >= 11 is 0. The van der Waals surface area contributed by atoms with E-state index in [2.05, 4.69) is 10.7 Å². The lowest BCUT2D eigenvalue weighted by molar-refractivity contribution is 0.237. The van der Waals surface area contributed by atoms with Crippen LogP contribution in [-0.4, -0.2) is 12.6 Å². The number of nitrogens with one attached hydrogen (secondary N) is 2. The van der Waals surface area contributed by atoms with Crippen LogP contribution in [0.2, 0.25) is 0 Å². The molecule has 0 radical (unpaired) electrons. The largest absolute Gasteiger partial charge is 0.337 e. The number of carbonyl (C=O) groups excluding carboxylic acids is 1. The fourth-order valence-corrected chi connectivity index (χ4v) is 2.03. The maximum Gasteiger partial charge on any atom is 0.328 e. The molecule has 0 spiro atoms. The summed E-state index contributed by atoms with van der Waals surface area (Å²) in [5, 5.41) is 2.80. The highest BCUT2D eigenvalue weighted by Gasteiger charge is 2.41. The van der Waals surface area contributed by atoms with Crippen molar-refractivity contribution in [1.29, 1.82) is 0 Å². The van der Waals surface area contributed by atoms with Crippen molar-refractivity contribution in [2.24, 2.45) is 23.6 Å². The maximum atomic E-state index is 10.9. The van der Waals surface area contributed by atoms with E-state index in [0.29, 0.717) is 0 Å². The molecule has 0 atom stereocenters. The van der Waals surface area contributed by atoms with E-state index in [1.807, 2.05) is 0 Å². The Hall–Kier alpha value is -0.770. The van der Waals surface area contributed by atoms with Gasteiger partial charge in [-0.25, -0.2) is 10.6 Å². The van der Waals surface area contributed by atoms with Crippen LogP contribution < -0.4 is 16.6 Å². The molecule has 2 saturated carbocycles. The summed E-state index contributed by atoms with van der Waals surface area (Å²) in [6.45, 7) is 0.804. The van der Waals surface area contributed by atoms with Crippen molar-refractivity contribution in [3.8, 4) is 0 Å². The van der Waals surface area contributed by atoms with Gasteiger partial charge in [0.25, 0.3) is 0 Å². The second-order valence-electron chi connectivity index (χ2n) is 4.19. The summed E-state index contributed by atoms with van der Waals surface area (Å²) in [5.74, 6) is 7.46. The van der Waals surface area contributed by atoms with E-state index < -0.39 is 0 Å². The first kappa shape index (κ1) is 8.81. The van der Waals surface area contributed by atoms with Crippen LogP contribution in [0.4, 0.5) is 4.79 Å². The van der Waals surface area contributed by atoms with E-state index in [1.54, 1.807) is 0 Å². The van der Waals surface area contributed by atoms with Gasteiger partial charge in [-0.2, -0.15) is 0 Å². The van der Waals surface area contributed by atoms with Crippen molar-refractivity contribution < 1.29 is 4.79 Å². The van der Waals surface area contributed by atoms with Gasteiger partial charge >= 0.3 is 6.03 Å². The summed E-state index contributed by atoms with van der Waals surface area (Å²) < 4.78 is 0. The van der Waals surface area contributed by atoms with Gasteiger partial charge in [0, 0.05) is 6.54 Å². The van der Waals surface area contributed by atoms with Crippen LogP contribution >= 0.6 is 0 Å². The zero-order valence-electron chi connectivity index (χ0n) is 7.75. The standard InChI is InChI=1S/C9H17N3O/c10-12-9(13)11-5-8(6-1-2-6)7-3-4-7/h6-8H,1-5,10H2,(H2,11,12,13). The van der Waals surface area contributed by atoms with Gasteiger partial charge in [-0.1, -0.05) is 0 Å². The monoisotopic (exact) mass is 183 g/mol. The van der Waals surface area contributed by atoms with Crippen LogP contribution in [0.3, 0.4) is 0 Å². The molecule has 4 heteroatoms. The Morgan fingerprint density at radius 1 is 1.31 bits per heavy atom. The minimum absolute atomic E-state index is 0.258. The molecule has 2 amide bonds. The second-order valence-corrected chi connectivity index (χ2v) is 4.19. The van der Waals surface area contributed by atoms with Gasteiger partial charge in [0.2, 0.25) is 0 Å². The Labute approximate surface area is 78.2 Å². The molecule has 0 aromatic rings. The maximum absolute atomic E-state index is 10.9. The van der Waals surface area contributed by atoms with Crippen LogP contribution in [0.1, 0.15) is 25.7 Å². The van der Waals surface area contributed by atoms with E-state index in [-0.39, 0.29) is 6.03 Å². The van der Waals surface area contributed by atoms with E-state index in [9.17, 15) is 4.79 Å². The predicted octanol–water partition coefficient (Wildman–Crippen LogP) is 0.595. The second kappa shape index (κ2) is 3.54. The lowest BCUT2D eigenvalue weighted by Crippen LogP contribution is -2.42. The molecule has 13 heavy (non-hydrogen) atoms. The number of urea groups is 1. The van der Waals surface area contributed by atoms with Gasteiger partial charge in [0.1, 0.15) is 0 Å². The minimum atomic E-state index is -0.258. The molecule has 2 fully saturated rings. The van der Waals surface area contributed by atoms with Gasteiger partial charge in [-0.3, -0.25) is 5.43 Å². The van der Waals surface area contributed by atoms with Gasteiger partial charge < -0.3 is 5.32 Å². The molecule has 0 aliphatic heterocycles. The Balaban J connectivity index is 1.73. The number of carbonyl (C=O) groups is 1. The molecule has 74 valence electrons. The molecule has 0 unspecified atom stereocenters. The fourth-order valence-electron chi connectivity index (χ4n) is 2.03. The highest BCUT2D eigenvalue weighted by Crippen LogP contribution is 2.48. The van der Waals surface area contributed by atoms with E-state index >= 15 is 0 Å². The first-order chi connectivity index (χ1) is 6.31. The van der Waals surface area contributed by atoms with Crippen LogP contribution in [0, 0.1) is 17.8 Å². The molecule has 0 aromatic heterocycles. The normalized spacial score (nSPS) is 21.7. The van der Waals surface area contributed by atoms with Crippen LogP contribution in [0.25, 0.3) is 0 Å². The van der Waals surface area contributed by atoms with Crippen LogP contribution in [-0.2, 0) is 0 Å². The number of nitrogens with two attached hydrogens (primary N) is 1. The Bertz CT molecular complexity index is 187. The predicted molar refractivity (Wildman–Crippen MR) is 49.7 cm³/mol. The lowest BCUT2D eigenvalue weighted by Gasteiger charge is -2.15. The first-order valence-electron chi connectivity index (χ1n) is 5.05. The molecular weight excluding hydrogens is 166 g/mol. The summed E-state index contributed by atoms with van der Waals surface area (Å²) in [6.07, 6.45) is 5.42. The summed E-state index contributed by atoms with van der Waals surface area (Å²) in [4.78, 5) is 10.9. The summed E-state index contributed by atoms with van der Waals surface area (Å²) in [5.41, 5.74) is 2.09. The van der Waals surface area contributed by atoms with Gasteiger partial charge in [0.05, 0.1) is 0 Å². The highest BCUT2D eigenvalue weighted by molar-refractivity contribution is 5.72. The van der Waals surface area contributed by atoms with E-state index in [4.69, 9.17) is 5.84 Å². The highest BCUT2D eigenvalue weighted by atomic mass is 16.2. The van der Waals surface area contributed by atoms with Gasteiger partial charge in [-0.15, -0.1) is 0 Å². The van der Waals surface area contributed by atoms with Crippen molar-refractivity contribution >= 4 is 6.03 Å². The smallest absolute Gasteiger partial charge is 0.328 e. The zero-order valence-corrected chi connectivity index (χ0v) is 7.75. The SMILES string of the molecule is NNC(=O)NCC(C1CC1)C1CC1. The molecule has 0 saturated heterocycles. The fraction of sp³-hybridized carbons (Fsp3) is 0.889. The topological polar surface area (TPSA) is 67.1 Å². The van der Waals surface area contributed by atoms with Crippen molar-refractivity contribution in [3.05, 3.63) is 0 Å². The Kier molecular flexibility index (Phi) is 2.40. The van der Waals surface area contributed by atoms with E-state index in [0.717, 1.165) is 24.3 Å². The molecule has 0 heterocycles. The third-order valence-corrected chi connectivity index (χ3v) is 3.08. The van der Waals surface area contributed by atoms with E-state index in [1.165, 1.54) is 25.7 Å². The molecule has 2 rings (SSSR count). The molecule has 2 aliphatic carbocycles. The minimum Gasteiger partial charge on any atom is -0.337 e. The average Bonchev–Trinajstić information content (AvgIpc) is 2.98. The Morgan fingerprint density at radius 3 is 2.23 bits per heavy atom. The molecule has 0 aromatic carbocycles. The van der Waals surface area contributed by atoms with Crippen LogP contribution in [0.15, 0.2) is 0 Å². The molecule has 4 nitrogen and oxygen atoms in total. The molecular formula is C9H17N3O. The van der Waals surface area contributed by atoms with Gasteiger partial charge in [0.15, 0.2) is 0 Å². The number of hydrogen-bond acceptors (Lipinski definition) is 2. The Morgan fingerprint density at radius 2 is 1.85 bits per heavy atom. The number of amides is 2. The number of hydrazine groups is 1. The van der Waals surface area contributed by atoms with Gasteiger partial charge in [-0.05, 0) is 43.4 Å². The summed E-state index contributed by atoms with van der Waals surface area (Å²) in [6, 6.07) is -0.258. The molecule has 0 bridgehead atoms. The average molecular weight is 183 g/mol. The quantitative estimate of drug-likeness (QED) is 0.339. The third kappa shape index (κ3) is 2.34. The van der Waals surface area contributed by atoms with Crippen molar-refractivity contribution in [1.82, 2.24) is 10.7 Å². The third-order valence-electron chi connectivity index (χ3n) is 3.08. The number of hydrogen-bond donors (Lipinski definition) is 3. The molecule has 4 N–H and O–H groups in total. The van der Waals surface area contributed by atoms with Crippen molar-refractivity contribution in [2.45, 2.75) is 25.7 Å². The van der Waals surface area contributed by atoms with Crippen molar-refractivity contribution in [2.75, 3.05) is 6.54 Å². The first-order valence-corrected chi connectivity index (χ1v) is 5.05. The number of rotatable bonds is 4. The summed E-state index contributed by atoms with van der Waals surface area (Å²) in [7, 11) is 0. The zero-order chi connectivity index (χ0) is 9.26. The van der Waals surface area contributed by atoms with Crippen molar-refractivity contribution in [3.63, 3.8) is 0 Å². The van der Waals surface area contributed by atoms with Crippen LogP contribution in [0.5, 0.6) is 0 Å².